The number of hydrogen-bond acceptors (Lipinski definition) is 5. The van der Waals surface area contributed by atoms with Gasteiger partial charge in [0.25, 0.3) is 0 Å². The van der Waals surface area contributed by atoms with Gasteiger partial charge in [-0.15, -0.1) is 0 Å². The van der Waals surface area contributed by atoms with Gasteiger partial charge < -0.3 is 29.6 Å². The third kappa shape index (κ3) is 2.94. The molecule has 0 saturated carbocycles. The number of fused-ring (bicyclic) bond motifs is 1. The molecule has 2 N–H and O–H groups in total. The van der Waals surface area contributed by atoms with Crippen molar-refractivity contribution in [2.75, 3.05) is 33.8 Å². The van der Waals surface area contributed by atoms with Gasteiger partial charge in [0.1, 0.15) is 5.75 Å². The molecule has 1 heterocycles. The van der Waals surface area contributed by atoms with Gasteiger partial charge in [-0.1, -0.05) is 17.7 Å². The highest BCUT2D eigenvalue weighted by Crippen LogP contribution is 2.50. The van der Waals surface area contributed by atoms with Crippen molar-refractivity contribution in [1.29, 1.82) is 0 Å². The molecule has 0 spiro atoms. The molecule has 2 aromatic rings. The summed E-state index contributed by atoms with van der Waals surface area (Å²) in [6.45, 7) is 0. The molecule has 7 nitrogen and oxygen atoms in total. The summed E-state index contributed by atoms with van der Waals surface area (Å²) >= 11 is 6.07. The molecule has 3 rings (SSSR count). The molecule has 0 fully saturated rings. The van der Waals surface area contributed by atoms with E-state index in [1.54, 1.807) is 31.4 Å². The van der Waals surface area contributed by atoms with E-state index in [0.717, 1.165) is 5.56 Å². The Hall–Kier alpha value is -2.80. The second kappa shape index (κ2) is 7.21. The highest BCUT2D eigenvalue weighted by molar-refractivity contribution is 6.30. The van der Waals surface area contributed by atoms with Crippen molar-refractivity contribution in [3.05, 3.63) is 40.4 Å². The van der Waals surface area contributed by atoms with Crippen LogP contribution in [0.25, 0.3) is 0 Å². The quantitative estimate of drug-likeness (QED) is 0.831. The SMILES string of the molecule is COc1cc(Cl)ccc1C1NC(=O)Nc2cc(OC)c(OC)c(OC)c21. The Bertz CT molecular complexity index is 856. The Kier molecular flexibility index (Phi) is 4.99. The number of carbonyl (C=O) groups is 1. The highest BCUT2D eigenvalue weighted by atomic mass is 35.5. The molecular weight excluding hydrogens is 360 g/mol. The largest absolute Gasteiger partial charge is 0.496 e. The van der Waals surface area contributed by atoms with Crippen LogP contribution in [-0.2, 0) is 0 Å². The Morgan fingerprint density at radius 2 is 1.62 bits per heavy atom. The number of amides is 2. The first-order chi connectivity index (χ1) is 12.5. The Labute approximate surface area is 156 Å². The molecule has 1 aliphatic rings. The molecule has 1 atom stereocenters. The number of nitrogens with one attached hydrogen (secondary N) is 2. The maximum Gasteiger partial charge on any atom is 0.320 e. The van der Waals surface area contributed by atoms with Gasteiger partial charge in [0.2, 0.25) is 5.75 Å². The first-order valence-corrected chi connectivity index (χ1v) is 8.15. The van der Waals surface area contributed by atoms with Crippen LogP contribution < -0.4 is 29.6 Å². The molecule has 8 heteroatoms. The fourth-order valence-corrected chi connectivity index (χ4v) is 3.25. The fraction of sp³-hybridized carbons (Fsp3) is 0.278. The Morgan fingerprint density at radius 1 is 0.923 bits per heavy atom. The van der Waals surface area contributed by atoms with E-state index < -0.39 is 6.04 Å². The van der Waals surface area contributed by atoms with Crippen LogP contribution >= 0.6 is 11.6 Å². The first kappa shape index (κ1) is 18.0. The minimum atomic E-state index is -0.527. The zero-order chi connectivity index (χ0) is 18.8. The standard InChI is InChI=1S/C18H19ClN2O5/c1-23-12-7-9(19)5-6-10(12)15-14-11(20-18(22)21-15)8-13(24-2)16(25-3)17(14)26-4/h5-8,15H,1-4H3,(H2,20,21,22). The number of benzene rings is 2. The molecule has 0 radical (unpaired) electrons. The maximum atomic E-state index is 12.2. The van der Waals surface area contributed by atoms with Crippen molar-refractivity contribution < 1.29 is 23.7 Å². The van der Waals surface area contributed by atoms with Crippen molar-refractivity contribution in [2.45, 2.75) is 6.04 Å². The van der Waals surface area contributed by atoms with Crippen molar-refractivity contribution in [1.82, 2.24) is 5.32 Å². The summed E-state index contributed by atoms with van der Waals surface area (Å²) < 4.78 is 21.9. The average Bonchev–Trinajstić information content (AvgIpc) is 2.65. The minimum Gasteiger partial charge on any atom is -0.496 e. The fourth-order valence-electron chi connectivity index (χ4n) is 3.09. The Morgan fingerprint density at radius 3 is 2.23 bits per heavy atom. The van der Waals surface area contributed by atoms with Crippen LogP contribution in [0.4, 0.5) is 10.5 Å². The molecule has 138 valence electrons. The lowest BCUT2D eigenvalue weighted by molar-refractivity contribution is 0.248. The van der Waals surface area contributed by atoms with Crippen LogP contribution in [-0.4, -0.2) is 34.5 Å². The third-order valence-electron chi connectivity index (χ3n) is 4.19. The molecule has 2 amide bonds. The lowest BCUT2D eigenvalue weighted by atomic mass is 9.93. The van der Waals surface area contributed by atoms with Gasteiger partial charge in [0, 0.05) is 22.2 Å². The van der Waals surface area contributed by atoms with Crippen molar-refractivity contribution in [3.63, 3.8) is 0 Å². The van der Waals surface area contributed by atoms with Gasteiger partial charge in [0.15, 0.2) is 11.5 Å². The zero-order valence-corrected chi connectivity index (χ0v) is 15.6. The number of anilines is 1. The maximum absolute atomic E-state index is 12.2. The number of halogens is 1. The lowest BCUT2D eigenvalue weighted by Gasteiger charge is -2.31. The van der Waals surface area contributed by atoms with E-state index in [9.17, 15) is 4.79 Å². The molecule has 0 aliphatic carbocycles. The summed E-state index contributed by atoms with van der Waals surface area (Å²) in [4.78, 5) is 12.2. The van der Waals surface area contributed by atoms with Gasteiger partial charge in [-0.25, -0.2) is 4.79 Å². The smallest absolute Gasteiger partial charge is 0.320 e. The van der Waals surface area contributed by atoms with Crippen LogP contribution in [0.5, 0.6) is 23.0 Å². The molecule has 1 aliphatic heterocycles. The van der Waals surface area contributed by atoms with Crippen LogP contribution in [0.2, 0.25) is 5.02 Å². The number of urea groups is 1. The molecule has 0 saturated heterocycles. The summed E-state index contributed by atoms with van der Waals surface area (Å²) in [5, 5.41) is 6.21. The second-order valence-corrected chi connectivity index (χ2v) is 5.96. The van der Waals surface area contributed by atoms with Crippen molar-refractivity contribution >= 4 is 23.3 Å². The van der Waals surface area contributed by atoms with Gasteiger partial charge in [0.05, 0.1) is 40.2 Å². The molecule has 0 bridgehead atoms. The number of carbonyl (C=O) groups excluding carboxylic acids is 1. The summed E-state index contributed by atoms with van der Waals surface area (Å²) in [7, 11) is 6.13. The van der Waals surface area contributed by atoms with E-state index in [0.29, 0.717) is 39.3 Å². The Balaban J connectivity index is 2.28. The van der Waals surface area contributed by atoms with Gasteiger partial charge in [-0.3, -0.25) is 0 Å². The molecular formula is C18H19ClN2O5. The minimum absolute atomic E-state index is 0.353. The normalized spacial score (nSPS) is 15.4. The first-order valence-electron chi connectivity index (χ1n) is 7.77. The third-order valence-corrected chi connectivity index (χ3v) is 4.42. The van der Waals surface area contributed by atoms with Crippen LogP contribution in [0, 0.1) is 0 Å². The van der Waals surface area contributed by atoms with Gasteiger partial charge in [-0.2, -0.15) is 0 Å². The van der Waals surface area contributed by atoms with E-state index in [1.807, 2.05) is 0 Å². The molecule has 0 aromatic heterocycles. The van der Waals surface area contributed by atoms with E-state index in [2.05, 4.69) is 10.6 Å². The van der Waals surface area contributed by atoms with Crippen LogP contribution in [0.3, 0.4) is 0 Å². The number of hydrogen-bond donors (Lipinski definition) is 2. The monoisotopic (exact) mass is 378 g/mol. The van der Waals surface area contributed by atoms with Gasteiger partial charge >= 0.3 is 6.03 Å². The van der Waals surface area contributed by atoms with E-state index >= 15 is 0 Å². The summed E-state index contributed by atoms with van der Waals surface area (Å²) in [6.07, 6.45) is 0. The van der Waals surface area contributed by atoms with Crippen molar-refractivity contribution in [3.8, 4) is 23.0 Å². The predicted octanol–water partition coefficient (Wildman–Crippen LogP) is 3.60. The number of ether oxygens (including phenoxy) is 4. The average molecular weight is 379 g/mol. The lowest BCUT2D eigenvalue weighted by Crippen LogP contribution is -2.38. The van der Waals surface area contributed by atoms with E-state index in [1.165, 1.54) is 21.3 Å². The van der Waals surface area contributed by atoms with Gasteiger partial charge in [-0.05, 0) is 12.1 Å². The number of rotatable bonds is 5. The topological polar surface area (TPSA) is 78.1 Å². The summed E-state index contributed by atoms with van der Waals surface area (Å²) in [6, 6.07) is 6.05. The van der Waals surface area contributed by atoms with Crippen molar-refractivity contribution in [2.24, 2.45) is 0 Å². The highest BCUT2D eigenvalue weighted by Gasteiger charge is 2.34. The molecule has 26 heavy (non-hydrogen) atoms. The van der Waals surface area contributed by atoms with Crippen LogP contribution in [0.15, 0.2) is 24.3 Å². The second-order valence-electron chi connectivity index (χ2n) is 5.52. The van der Waals surface area contributed by atoms with E-state index in [-0.39, 0.29) is 6.03 Å². The predicted molar refractivity (Wildman–Crippen MR) is 98.1 cm³/mol. The zero-order valence-electron chi connectivity index (χ0n) is 14.8. The van der Waals surface area contributed by atoms with E-state index in [4.69, 9.17) is 30.5 Å². The summed E-state index contributed by atoms with van der Waals surface area (Å²) in [5.41, 5.74) is 1.99. The molecule has 1 unspecified atom stereocenters. The summed E-state index contributed by atoms with van der Waals surface area (Å²) in [5.74, 6) is 1.89. The molecule has 2 aromatic carbocycles. The number of methoxy groups -OCH3 is 4. The van der Waals surface area contributed by atoms with Crippen LogP contribution in [0.1, 0.15) is 17.2 Å².